The zero-order chi connectivity index (χ0) is 15.7. The molecule has 1 aromatic carbocycles. The minimum Gasteiger partial charge on any atom is -0.381 e. The van der Waals surface area contributed by atoms with Crippen LogP contribution < -0.4 is 5.32 Å². The van der Waals surface area contributed by atoms with Crippen molar-refractivity contribution in [2.45, 2.75) is 45.3 Å². The Balaban J connectivity index is 2.05. The molecule has 4 heteroatoms. The molecule has 0 radical (unpaired) electrons. The molecule has 0 aliphatic heterocycles. The van der Waals surface area contributed by atoms with E-state index < -0.39 is 0 Å². The highest BCUT2D eigenvalue weighted by atomic mass is 16.5. The summed E-state index contributed by atoms with van der Waals surface area (Å²) in [6, 6.07) is 6.86. The van der Waals surface area contributed by atoms with Gasteiger partial charge in [0.1, 0.15) is 6.07 Å². The van der Waals surface area contributed by atoms with E-state index in [1.165, 1.54) is 5.56 Å². The van der Waals surface area contributed by atoms with Crippen LogP contribution in [0.15, 0.2) is 18.3 Å². The van der Waals surface area contributed by atoms with Crippen LogP contribution in [-0.4, -0.2) is 24.2 Å². The van der Waals surface area contributed by atoms with Crippen LogP contribution >= 0.6 is 0 Å². The summed E-state index contributed by atoms with van der Waals surface area (Å²) in [7, 11) is 1.77. The highest BCUT2D eigenvalue weighted by Gasteiger charge is 2.25. The molecule has 0 saturated heterocycles. The number of hydrogen-bond acceptors (Lipinski definition) is 4. The number of nitrogens with zero attached hydrogens (tertiary/aromatic N) is 2. The molecule has 1 fully saturated rings. The van der Waals surface area contributed by atoms with Gasteiger partial charge in [0, 0.05) is 24.7 Å². The summed E-state index contributed by atoms with van der Waals surface area (Å²) in [5.74, 6) is 0. The Morgan fingerprint density at radius 2 is 2.14 bits per heavy atom. The fraction of sp³-hybridized carbons (Fsp3) is 0.444. The maximum atomic E-state index is 9.43. The first kappa shape index (κ1) is 14.8. The summed E-state index contributed by atoms with van der Waals surface area (Å²) in [5, 5.41) is 14.1. The third-order valence-corrected chi connectivity index (χ3v) is 4.49. The van der Waals surface area contributed by atoms with E-state index in [0.29, 0.717) is 17.7 Å². The Morgan fingerprint density at radius 1 is 1.32 bits per heavy atom. The first-order valence-corrected chi connectivity index (χ1v) is 7.71. The summed E-state index contributed by atoms with van der Waals surface area (Å²) in [6.45, 7) is 4.14. The number of fused-ring (bicyclic) bond motifs is 1. The minimum absolute atomic E-state index is 0.319. The van der Waals surface area contributed by atoms with E-state index in [9.17, 15) is 5.26 Å². The quantitative estimate of drug-likeness (QED) is 0.938. The fourth-order valence-corrected chi connectivity index (χ4v) is 3.39. The predicted molar refractivity (Wildman–Crippen MR) is 88.0 cm³/mol. The Kier molecular flexibility index (Phi) is 4.00. The number of nitriles is 1. The van der Waals surface area contributed by atoms with Gasteiger partial charge in [-0.3, -0.25) is 4.98 Å². The number of rotatable bonds is 3. The Hall–Kier alpha value is -2.12. The Morgan fingerprint density at radius 3 is 2.82 bits per heavy atom. The summed E-state index contributed by atoms with van der Waals surface area (Å²) in [4.78, 5) is 4.47. The lowest BCUT2D eigenvalue weighted by atomic mass is 10.0. The van der Waals surface area contributed by atoms with Crippen LogP contribution in [0.2, 0.25) is 0 Å². The lowest BCUT2D eigenvalue weighted by molar-refractivity contribution is 0.108. The molecule has 3 rings (SSSR count). The van der Waals surface area contributed by atoms with Crippen LogP contribution in [0.1, 0.15) is 36.0 Å². The maximum absolute atomic E-state index is 9.43. The molecule has 1 aromatic heterocycles. The number of ether oxygens (including phenoxy) is 1. The minimum atomic E-state index is 0.319. The van der Waals surface area contributed by atoms with Crippen molar-refractivity contribution < 1.29 is 4.74 Å². The van der Waals surface area contributed by atoms with E-state index >= 15 is 0 Å². The third-order valence-electron chi connectivity index (χ3n) is 4.49. The van der Waals surface area contributed by atoms with Crippen molar-refractivity contribution in [3.63, 3.8) is 0 Å². The molecule has 22 heavy (non-hydrogen) atoms. The molecule has 114 valence electrons. The number of anilines is 1. The molecule has 1 saturated carbocycles. The van der Waals surface area contributed by atoms with Gasteiger partial charge in [0.2, 0.25) is 0 Å². The van der Waals surface area contributed by atoms with Crippen molar-refractivity contribution in [3.05, 3.63) is 35.0 Å². The van der Waals surface area contributed by atoms with Crippen molar-refractivity contribution in [1.29, 1.82) is 5.26 Å². The van der Waals surface area contributed by atoms with Crippen molar-refractivity contribution >= 4 is 16.6 Å². The van der Waals surface area contributed by atoms with Gasteiger partial charge in [0.05, 0.1) is 22.9 Å². The standard InChI is InChI=1S/C18H21N3O/c1-11-6-12(2)17-16(7-11)18(13(9-19)10-20-17)21-14-4-5-15(8-14)22-3/h6-7,10,14-15H,4-5,8H2,1-3H3,(H,20,21). The number of hydrogen-bond donors (Lipinski definition) is 1. The third kappa shape index (κ3) is 2.65. The van der Waals surface area contributed by atoms with Crippen molar-refractivity contribution in [2.24, 2.45) is 0 Å². The van der Waals surface area contributed by atoms with Crippen molar-refractivity contribution in [2.75, 3.05) is 12.4 Å². The molecule has 0 bridgehead atoms. The fourth-order valence-electron chi connectivity index (χ4n) is 3.39. The molecule has 0 amide bonds. The van der Waals surface area contributed by atoms with Crippen molar-refractivity contribution in [3.8, 4) is 6.07 Å². The second-order valence-corrected chi connectivity index (χ2v) is 6.15. The molecule has 1 aliphatic rings. The Labute approximate surface area is 131 Å². The summed E-state index contributed by atoms with van der Waals surface area (Å²) >= 11 is 0. The average molecular weight is 295 g/mol. The van der Waals surface area contributed by atoms with E-state index in [1.54, 1.807) is 13.3 Å². The number of aryl methyl sites for hydroxylation is 2. The van der Waals surface area contributed by atoms with E-state index in [4.69, 9.17) is 4.74 Å². The molecule has 2 aromatic rings. The first-order valence-electron chi connectivity index (χ1n) is 7.71. The van der Waals surface area contributed by atoms with Gasteiger partial charge in [0.25, 0.3) is 0 Å². The van der Waals surface area contributed by atoms with Crippen LogP contribution in [0.4, 0.5) is 5.69 Å². The Bertz CT molecular complexity index is 748. The molecule has 1 heterocycles. The highest BCUT2D eigenvalue weighted by Crippen LogP contribution is 2.32. The summed E-state index contributed by atoms with van der Waals surface area (Å²) in [5.41, 5.74) is 4.82. The monoisotopic (exact) mass is 295 g/mol. The van der Waals surface area contributed by atoms with Crippen LogP contribution in [0.3, 0.4) is 0 Å². The predicted octanol–water partition coefficient (Wildman–Crippen LogP) is 3.70. The SMILES string of the molecule is COC1CCC(Nc2c(C#N)cnc3c(C)cc(C)cc23)C1. The van der Waals surface area contributed by atoms with Gasteiger partial charge in [-0.05, 0) is 44.7 Å². The highest BCUT2D eigenvalue weighted by molar-refractivity contribution is 5.96. The zero-order valence-electron chi connectivity index (χ0n) is 13.3. The molecule has 1 aliphatic carbocycles. The lowest BCUT2D eigenvalue weighted by Gasteiger charge is -2.18. The van der Waals surface area contributed by atoms with Gasteiger partial charge in [-0.2, -0.15) is 5.26 Å². The maximum Gasteiger partial charge on any atom is 0.103 e. The second kappa shape index (κ2) is 5.94. The summed E-state index contributed by atoms with van der Waals surface area (Å²) in [6.07, 6.45) is 5.11. The van der Waals surface area contributed by atoms with E-state index in [-0.39, 0.29) is 0 Å². The van der Waals surface area contributed by atoms with Gasteiger partial charge in [-0.15, -0.1) is 0 Å². The average Bonchev–Trinajstić information content (AvgIpc) is 2.95. The second-order valence-electron chi connectivity index (χ2n) is 6.15. The van der Waals surface area contributed by atoms with E-state index in [2.05, 4.69) is 42.4 Å². The molecular formula is C18H21N3O. The van der Waals surface area contributed by atoms with Crippen LogP contribution in [0.25, 0.3) is 10.9 Å². The zero-order valence-corrected chi connectivity index (χ0v) is 13.3. The largest absolute Gasteiger partial charge is 0.381 e. The smallest absolute Gasteiger partial charge is 0.103 e. The van der Waals surface area contributed by atoms with Gasteiger partial charge in [0.15, 0.2) is 0 Å². The first-order chi connectivity index (χ1) is 10.6. The summed E-state index contributed by atoms with van der Waals surface area (Å²) < 4.78 is 5.44. The number of methoxy groups -OCH3 is 1. The van der Waals surface area contributed by atoms with Crippen LogP contribution in [-0.2, 0) is 4.74 Å². The van der Waals surface area contributed by atoms with Gasteiger partial charge >= 0.3 is 0 Å². The van der Waals surface area contributed by atoms with Gasteiger partial charge in [-0.1, -0.05) is 11.6 Å². The number of benzene rings is 1. The van der Waals surface area contributed by atoms with E-state index in [0.717, 1.165) is 41.4 Å². The normalized spacial score (nSPS) is 21.0. The van der Waals surface area contributed by atoms with E-state index in [1.807, 2.05) is 0 Å². The molecule has 2 atom stereocenters. The van der Waals surface area contributed by atoms with Gasteiger partial charge in [-0.25, -0.2) is 0 Å². The molecule has 0 spiro atoms. The molecule has 2 unspecified atom stereocenters. The topological polar surface area (TPSA) is 57.9 Å². The van der Waals surface area contributed by atoms with Gasteiger partial charge < -0.3 is 10.1 Å². The van der Waals surface area contributed by atoms with Crippen LogP contribution in [0, 0.1) is 25.2 Å². The van der Waals surface area contributed by atoms with Crippen molar-refractivity contribution in [1.82, 2.24) is 4.98 Å². The molecule has 1 N–H and O–H groups in total. The lowest BCUT2D eigenvalue weighted by Crippen LogP contribution is -2.18. The number of nitrogens with one attached hydrogen (secondary N) is 1. The van der Waals surface area contributed by atoms with Crippen LogP contribution in [0.5, 0.6) is 0 Å². The number of pyridine rings is 1. The molecular weight excluding hydrogens is 274 g/mol. The molecule has 4 nitrogen and oxygen atoms in total. The number of aromatic nitrogens is 1.